The lowest BCUT2D eigenvalue weighted by Gasteiger charge is -2.28. The molecule has 1 aliphatic carbocycles. The molecule has 3 unspecified atom stereocenters. The number of nitrogens with zero attached hydrogens (tertiary/aromatic N) is 8. The van der Waals surface area contributed by atoms with Gasteiger partial charge in [0.05, 0.1) is 18.3 Å². The van der Waals surface area contributed by atoms with E-state index in [1.54, 1.807) is 31.2 Å². The molecule has 0 radical (unpaired) electrons. The molecule has 2 aliphatic heterocycles. The van der Waals surface area contributed by atoms with Crippen molar-refractivity contribution in [1.29, 1.82) is 0 Å². The summed E-state index contributed by atoms with van der Waals surface area (Å²) in [7, 11) is 0. The largest absolute Gasteiger partial charge is 0.491 e. The van der Waals surface area contributed by atoms with Crippen molar-refractivity contribution < 1.29 is 9.47 Å². The Morgan fingerprint density at radius 1 is 1.00 bits per heavy atom. The SMILES string of the molecule is C1=CC2C(C=C1OCC1CO1)c1cnccc1N2c1nc(-n2ccnc2)cc(-n2ccnc2)n1. The molecule has 0 aromatic carbocycles. The average Bonchev–Trinajstić information content (AvgIpc) is 3.27. The van der Waals surface area contributed by atoms with Gasteiger partial charge in [0.15, 0.2) is 0 Å². The highest BCUT2D eigenvalue weighted by atomic mass is 16.6. The van der Waals surface area contributed by atoms with E-state index in [9.17, 15) is 0 Å². The van der Waals surface area contributed by atoms with Crippen LogP contribution in [0.1, 0.15) is 11.5 Å². The predicted octanol–water partition coefficient (Wildman–Crippen LogP) is 2.72. The summed E-state index contributed by atoms with van der Waals surface area (Å²) < 4.78 is 15.0. The Morgan fingerprint density at radius 2 is 1.76 bits per heavy atom. The van der Waals surface area contributed by atoms with E-state index in [4.69, 9.17) is 19.4 Å². The smallest absolute Gasteiger partial charge is 0.234 e. The van der Waals surface area contributed by atoms with Gasteiger partial charge >= 0.3 is 0 Å². The van der Waals surface area contributed by atoms with E-state index in [2.05, 4.69) is 32.0 Å². The first-order chi connectivity index (χ1) is 16.8. The molecule has 3 atom stereocenters. The van der Waals surface area contributed by atoms with Gasteiger partial charge in [-0.25, -0.2) is 9.97 Å². The van der Waals surface area contributed by atoms with E-state index in [-0.39, 0.29) is 18.1 Å². The summed E-state index contributed by atoms with van der Waals surface area (Å²) >= 11 is 0. The van der Waals surface area contributed by atoms with Crippen molar-refractivity contribution in [2.24, 2.45) is 0 Å². The molecule has 0 spiro atoms. The first kappa shape index (κ1) is 19.2. The highest BCUT2D eigenvalue weighted by Crippen LogP contribution is 2.47. The van der Waals surface area contributed by atoms with Crippen LogP contribution in [0.5, 0.6) is 0 Å². The monoisotopic (exact) mass is 452 g/mol. The number of allylic oxidation sites excluding steroid dienone is 1. The standard InChI is InChI=1S/C24H20N8O2/c1-2-20-18(9-16(1)33-12-17-13-34-17)19-11-25-4-3-21(19)32(20)24-28-22(30-7-5-26-14-30)10-23(29-24)31-8-6-27-15-31/h1-11,14-15,17-18,20H,12-13H2. The second kappa shape index (κ2) is 7.63. The van der Waals surface area contributed by atoms with E-state index in [1.807, 2.05) is 45.9 Å². The lowest BCUT2D eigenvalue weighted by molar-refractivity contribution is 0.190. The summed E-state index contributed by atoms with van der Waals surface area (Å²) in [6.07, 6.45) is 20.9. The summed E-state index contributed by atoms with van der Waals surface area (Å²) in [5, 5.41) is 0. The van der Waals surface area contributed by atoms with Crippen LogP contribution in [-0.4, -0.2) is 59.4 Å². The topological polar surface area (TPSA) is 99.3 Å². The van der Waals surface area contributed by atoms with Crippen molar-refractivity contribution in [1.82, 2.24) is 34.1 Å². The summed E-state index contributed by atoms with van der Waals surface area (Å²) in [5.41, 5.74) is 2.14. The van der Waals surface area contributed by atoms with Gasteiger partial charge < -0.3 is 14.4 Å². The summed E-state index contributed by atoms with van der Waals surface area (Å²) in [5.74, 6) is 2.94. The molecule has 4 aromatic rings. The Kier molecular flexibility index (Phi) is 4.31. The second-order valence-electron chi connectivity index (χ2n) is 8.34. The number of pyridine rings is 1. The van der Waals surface area contributed by atoms with Gasteiger partial charge in [-0.15, -0.1) is 0 Å². The maximum atomic E-state index is 5.97. The highest BCUT2D eigenvalue weighted by molar-refractivity contribution is 5.72. The van der Waals surface area contributed by atoms with Crippen LogP contribution in [0.4, 0.5) is 11.6 Å². The second-order valence-corrected chi connectivity index (χ2v) is 8.34. The van der Waals surface area contributed by atoms with Crippen LogP contribution in [0.2, 0.25) is 0 Å². The molecule has 0 saturated carbocycles. The van der Waals surface area contributed by atoms with Crippen LogP contribution in [0.3, 0.4) is 0 Å². The minimum atomic E-state index is -0.00241. The number of aromatic nitrogens is 7. The minimum Gasteiger partial charge on any atom is -0.491 e. The van der Waals surface area contributed by atoms with Gasteiger partial charge in [-0.1, -0.05) is 6.08 Å². The van der Waals surface area contributed by atoms with Gasteiger partial charge in [-0.2, -0.15) is 9.97 Å². The third-order valence-electron chi connectivity index (χ3n) is 6.19. The minimum absolute atomic E-state index is 0.00241. The third kappa shape index (κ3) is 3.27. The van der Waals surface area contributed by atoms with Crippen molar-refractivity contribution in [3.8, 4) is 11.6 Å². The Bertz CT molecular complexity index is 1340. The molecule has 0 amide bonds. The molecule has 168 valence electrons. The zero-order chi connectivity index (χ0) is 22.5. The molecule has 0 N–H and O–H groups in total. The molecule has 1 saturated heterocycles. The third-order valence-corrected chi connectivity index (χ3v) is 6.19. The van der Waals surface area contributed by atoms with Crippen molar-refractivity contribution in [3.05, 3.63) is 91.5 Å². The Labute approximate surface area is 194 Å². The predicted molar refractivity (Wildman–Crippen MR) is 122 cm³/mol. The van der Waals surface area contributed by atoms with Gasteiger partial charge in [0.25, 0.3) is 0 Å². The first-order valence-electron chi connectivity index (χ1n) is 11.1. The quantitative estimate of drug-likeness (QED) is 0.412. The summed E-state index contributed by atoms with van der Waals surface area (Å²) in [6.45, 7) is 1.34. The number of ether oxygens (including phenoxy) is 2. The Morgan fingerprint density at radius 3 is 2.44 bits per heavy atom. The molecular weight excluding hydrogens is 432 g/mol. The van der Waals surface area contributed by atoms with Crippen molar-refractivity contribution in [2.75, 3.05) is 18.1 Å². The number of anilines is 2. The fraction of sp³-hybridized carbons (Fsp3) is 0.208. The Balaban J connectivity index is 1.33. The number of fused-ring (bicyclic) bond motifs is 3. The zero-order valence-electron chi connectivity index (χ0n) is 18.0. The van der Waals surface area contributed by atoms with Gasteiger partial charge in [-0.05, 0) is 18.2 Å². The van der Waals surface area contributed by atoms with Gasteiger partial charge in [0.1, 0.15) is 42.8 Å². The van der Waals surface area contributed by atoms with E-state index < -0.39 is 0 Å². The van der Waals surface area contributed by atoms with E-state index >= 15 is 0 Å². The average molecular weight is 452 g/mol. The zero-order valence-corrected chi connectivity index (χ0v) is 18.0. The molecule has 3 aliphatic rings. The van der Waals surface area contributed by atoms with Crippen LogP contribution in [0, 0.1) is 0 Å². The molecule has 34 heavy (non-hydrogen) atoms. The van der Waals surface area contributed by atoms with Crippen LogP contribution in [0.15, 0.2) is 86.0 Å². The van der Waals surface area contributed by atoms with Crippen LogP contribution < -0.4 is 4.90 Å². The van der Waals surface area contributed by atoms with Crippen LogP contribution in [0.25, 0.3) is 11.6 Å². The number of epoxide rings is 1. The number of hydrogen-bond donors (Lipinski definition) is 0. The van der Waals surface area contributed by atoms with Gasteiger partial charge in [-0.3, -0.25) is 14.1 Å². The van der Waals surface area contributed by atoms with Crippen LogP contribution in [-0.2, 0) is 9.47 Å². The molecule has 4 aromatic heterocycles. The molecule has 7 rings (SSSR count). The van der Waals surface area contributed by atoms with Crippen molar-refractivity contribution in [2.45, 2.75) is 18.1 Å². The maximum absolute atomic E-state index is 5.97. The number of rotatable bonds is 6. The molecule has 0 bridgehead atoms. The molecule has 1 fully saturated rings. The Hall–Kier alpha value is -4.31. The maximum Gasteiger partial charge on any atom is 0.234 e. The fourth-order valence-electron chi connectivity index (χ4n) is 4.46. The number of hydrogen-bond acceptors (Lipinski definition) is 8. The van der Waals surface area contributed by atoms with E-state index in [0.29, 0.717) is 24.2 Å². The normalized spacial score (nSPS) is 22.3. The first-order valence-corrected chi connectivity index (χ1v) is 11.1. The van der Waals surface area contributed by atoms with Crippen molar-refractivity contribution in [3.63, 3.8) is 0 Å². The van der Waals surface area contributed by atoms with Crippen LogP contribution >= 0.6 is 0 Å². The summed E-state index contributed by atoms with van der Waals surface area (Å²) in [6, 6.07) is 3.92. The lowest BCUT2D eigenvalue weighted by atomic mass is 9.92. The van der Waals surface area contributed by atoms with Gasteiger partial charge in [0, 0.05) is 54.7 Å². The van der Waals surface area contributed by atoms with Crippen molar-refractivity contribution >= 4 is 11.6 Å². The molecule has 6 heterocycles. The fourth-order valence-corrected chi connectivity index (χ4v) is 4.46. The highest BCUT2D eigenvalue weighted by Gasteiger charge is 2.40. The summed E-state index contributed by atoms with van der Waals surface area (Å²) in [4.78, 5) is 24.8. The van der Waals surface area contributed by atoms with Gasteiger partial charge in [0.2, 0.25) is 5.95 Å². The lowest BCUT2D eigenvalue weighted by Crippen LogP contribution is -2.31. The molecule has 10 heteroatoms. The number of imidazole rings is 2. The van der Waals surface area contributed by atoms with E-state index in [1.165, 1.54) is 0 Å². The molecular formula is C24H20N8O2. The molecule has 10 nitrogen and oxygen atoms in total. The van der Waals surface area contributed by atoms with E-state index in [0.717, 1.165) is 23.6 Å².